The number of rotatable bonds is 4. The molecule has 2 aromatic rings. The molecule has 0 N–H and O–H groups in total. The molecule has 2 heterocycles. The summed E-state index contributed by atoms with van der Waals surface area (Å²) >= 11 is 5.91. The normalized spacial score (nSPS) is 19.5. The molecule has 4 rings (SSSR count). The summed E-state index contributed by atoms with van der Waals surface area (Å²) in [5.74, 6) is 1.10. The fraction of sp³-hybridized carbons (Fsp3) is 0.500. The van der Waals surface area contributed by atoms with Gasteiger partial charge in [0.1, 0.15) is 5.41 Å². The maximum absolute atomic E-state index is 12.8. The standard InChI is InChI=1S/C20H22ClN5O2/c21-16-5-3-15(4-6-16)18-23-17(28-24-18)13-25-9-11-26(12-10-25)19(27)20(14-22)7-1-2-8-20/h3-6H,1-2,7-13H2. The van der Waals surface area contributed by atoms with Crippen molar-refractivity contribution in [2.24, 2.45) is 5.41 Å². The second-order valence-electron chi connectivity index (χ2n) is 7.49. The first-order chi connectivity index (χ1) is 13.6. The molecule has 0 bridgehead atoms. The van der Waals surface area contributed by atoms with Crippen molar-refractivity contribution in [3.8, 4) is 17.5 Å². The Bertz CT molecular complexity index is 875. The first-order valence-corrected chi connectivity index (χ1v) is 9.99. The summed E-state index contributed by atoms with van der Waals surface area (Å²) in [4.78, 5) is 21.3. The van der Waals surface area contributed by atoms with Gasteiger partial charge in [-0.25, -0.2) is 0 Å². The van der Waals surface area contributed by atoms with Gasteiger partial charge in [0.2, 0.25) is 17.6 Å². The number of carbonyl (C=O) groups excluding carboxylic acids is 1. The maximum Gasteiger partial charge on any atom is 0.243 e. The summed E-state index contributed by atoms with van der Waals surface area (Å²) in [6, 6.07) is 9.60. The van der Waals surface area contributed by atoms with Crippen molar-refractivity contribution < 1.29 is 9.32 Å². The van der Waals surface area contributed by atoms with Gasteiger partial charge in [-0.05, 0) is 37.1 Å². The van der Waals surface area contributed by atoms with Crippen LogP contribution in [0.3, 0.4) is 0 Å². The lowest BCUT2D eigenvalue weighted by atomic mass is 9.86. The van der Waals surface area contributed by atoms with Crippen LogP contribution < -0.4 is 0 Å². The minimum absolute atomic E-state index is 0.00923. The second-order valence-corrected chi connectivity index (χ2v) is 7.92. The Morgan fingerprint density at radius 1 is 1.18 bits per heavy atom. The Labute approximate surface area is 168 Å². The van der Waals surface area contributed by atoms with Crippen LogP contribution in [0.5, 0.6) is 0 Å². The number of halogens is 1. The number of hydrogen-bond acceptors (Lipinski definition) is 6. The second kappa shape index (κ2) is 7.90. The zero-order valence-electron chi connectivity index (χ0n) is 15.6. The van der Waals surface area contributed by atoms with Crippen molar-refractivity contribution in [2.45, 2.75) is 32.2 Å². The van der Waals surface area contributed by atoms with Gasteiger partial charge >= 0.3 is 0 Å². The van der Waals surface area contributed by atoms with Crippen LogP contribution in [-0.4, -0.2) is 52.0 Å². The molecule has 1 aliphatic heterocycles. The Hall–Kier alpha value is -2.43. The molecule has 1 saturated heterocycles. The lowest BCUT2D eigenvalue weighted by Gasteiger charge is -2.37. The summed E-state index contributed by atoms with van der Waals surface area (Å²) < 4.78 is 5.38. The van der Waals surface area contributed by atoms with E-state index >= 15 is 0 Å². The number of nitriles is 1. The molecule has 0 unspecified atom stereocenters. The predicted molar refractivity (Wildman–Crippen MR) is 103 cm³/mol. The average Bonchev–Trinajstić information content (AvgIpc) is 3.39. The number of aromatic nitrogens is 2. The first-order valence-electron chi connectivity index (χ1n) is 9.61. The Kier molecular flexibility index (Phi) is 5.33. The highest BCUT2D eigenvalue weighted by Gasteiger charge is 2.44. The molecule has 28 heavy (non-hydrogen) atoms. The summed E-state index contributed by atoms with van der Waals surface area (Å²) in [5, 5.41) is 14.2. The monoisotopic (exact) mass is 399 g/mol. The van der Waals surface area contributed by atoms with Crippen LogP contribution in [0.2, 0.25) is 5.02 Å². The van der Waals surface area contributed by atoms with Crippen molar-refractivity contribution in [1.29, 1.82) is 5.26 Å². The Balaban J connectivity index is 1.33. The largest absolute Gasteiger partial charge is 0.339 e. The van der Waals surface area contributed by atoms with E-state index in [4.69, 9.17) is 16.1 Å². The van der Waals surface area contributed by atoms with Gasteiger partial charge in [-0.2, -0.15) is 10.2 Å². The summed E-state index contributed by atoms with van der Waals surface area (Å²) in [5.41, 5.74) is 0.0653. The van der Waals surface area contributed by atoms with E-state index in [1.165, 1.54) is 0 Å². The smallest absolute Gasteiger partial charge is 0.243 e. The van der Waals surface area contributed by atoms with Crippen LogP contribution in [0.1, 0.15) is 31.6 Å². The molecule has 1 saturated carbocycles. The molecular formula is C20H22ClN5O2. The molecule has 146 valence electrons. The van der Waals surface area contributed by atoms with Gasteiger partial charge in [0.15, 0.2) is 0 Å². The fourth-order valence-electron chi connectivity index (χ4n) is 3.99. The summed E-state index contributed by atoms with van der Waals surface area (Å²) in [6.07, 6.45) is 3.31. The van der Waals surface area contributed by atoms with Gasteiger partial charge in [-0.15, -0.1) is 0 Å². The number of piperazine rings is 1. The van der Waals surface area contributed by atoms with Crippen molar-refractivity contribution >= 4 is 17.5 Å². The quantitative estimate of drug-likeness (QED) is 0.785. The molecule has 0 radical (unpaired) electrons. The van der Waals surface area contributed by atoms with Gasteiger partial charge in [0.25, 0.3) is 0 Å². The van der Waals surface area contributed by atoms with Gasteiger partial charge < -0.3 is 9.42 Å². The highest BCUT2D eigenvalue weighted by atomic mass is 35.5. The van der Waals surface area contributed by atoms with Crippen molar-refractivity contribution in [3.05, 3.63) is 35.2 Å². The van der Waals surface area contributed by atoms with Crippen molar-refractivity contribution in [2.75, 3.05) is 26.2 Å². The van der Waals surface area contributed by atoms with Crippen molar-refractivity contribution in [3.63, 3.8) is 0 Å². The minimum Gasteiger partial charge on any atom is -0.339 e. The maximum atomic E-state index is 12.8. The fourth-order valence-corrected chi connectivity index (χ4v) is 4.12. The van der Waals surface area contributed by atoms with E-state index in [-0.39, 0.29) is 5.91 Å². The van der Waals surface area contributed by atoms with E-state index in [1.54, 1.807) is 12.1 Å². The van der Waals surface area contributed by atoms with E-state index in [9.17, 15) is 10.1 Å². The Morgan fingerprint density at radius 2 is 1.86 bits per heavy atom. The van der Waals surface area contributed by atoms with Crippen molar-refractivity contribution in [1.82, 2.24) is 19.9 Å². The summed E-state index contributed by atoms with van der Waals surface area (Å²) in [6.45, 7) is 3.25. The topological polar surface area (TPSA) is 86.3 Å². The van der Waals surface area contributed by atoms with Crippen LogP contribution in [-0.2, 0) is 11.3 Å². The van der Waals surface area contributed by atoms with Gasteiger partial charge in [-0.1, -0.05) is 29.6 Å². The number of hydrogen-bond donors (Lipinski definition) is 0. The third-order valence-corrected chi connectivity index (χ3v) is 5.92. The molecule has 0 atom stereocenters. The molecular weight excluding hydrogens is 378 g/mol. The Morgan fingerprint density at radius 3 is 2.50 bits per heavy atom. The highest BCUT2D eigenvalue weighted by Crippen LogP contribution is 2.39. The van der Waals surface area contributed by atoms with Gasteiger partial charge in [0, 0.05) is 36.8 Å². The molecule has 0 spiro atoms. The molecule has 8 heteroatoms. The predicted octanol–water partition coefficient (Wildman–Crippen LogP) is 3.12. The van der Waals surface area contributed by atoms with E-state index in [0.717, 1.165) is 31.5 Å². The number of amides is 1. The SMILES string of the molecule is N#CC1(C(=O)N2CCN(Cc3nc(-c4ccc(Cl)cc4)no3)CC2)CCCC1. The van der Waals surface area contributed by atoms with Crippen LogP contribution in [0.25, 0.3) is 11.4 Å². The molecule has 2 fully saturated rings. The van der Waals surface area contributed by atoms with E-state index < -0.39 is 5.41 Å². The molecule has 2 aliphatic rings. The zero-order chi connectivity index (χ0) is 19.6. The molecule has 1 aromatic carbocycles. The zero-order valence-corrected chi connectivity index (χ0v) is 16.4. The molecule has 1 aliphatic carbocycles. The minimum atomic E-state index is -0.790. The lowest BCUT2D eigenvalue weighted by Crippen LogP contribution is -2.52. The van der Waals surface area contributed by atoms with Gasteiger partial charge in [0.05, 0.1) is 12.6 Å². The average molecular weight is 400 g/mol. The van der Waals surface area contributed by atoms with Crippen LogP contribution in [0, 0.1) is 16.7 Å². The number of carbonyl (C=O) groups is 1. The number of nitrogens with zero attached hydrogens (tertiary/aromatic N) is 5. The molecule has 1 amide bonds. The first kappa shape index (κ1) is 18.9. The third kappa shape index (κ3) is 3.75. The van der Waals surface area contributed by atoms with E-state index in [0.29, 0.717) is 49.2 Å². The summed E-state index contributed by atoms with van der Waals surface area (Å²) in [7, 11) is 0. The highest BCUT2D eigenvalue weighted by molar-refractivity contribution is 6.30. The third-order valence-electron chi connectivity index (χ3n) is 5.67. The number of benzene rings is 1. The molecule has 1 aromatic heterocycles. The molecule has 7 nitrogen and oxygen atoms in total. The van der Waals surface area contributed by atoms with Crippen LogP contribution in [0.4, 0.5) is 0 Å². The van der Waals surface area contributed by atoms with Crippen LogP contribution in [0.15, 0.2) is 28.8 Å². The van der Waals surface area contributed by atoms with Gasteiger partial charge in [-0.3, -0.25) is 9.69 Å². The van der Waals surface area contributed by atoms with E-state index in [1.807, 2.05) is 17.0 Å². The van der Waals surface area contributed by atoms with E-state index in [2.05, 4.69) is 21.1 Å². The lowest BCUT2D eigenvalue weighted by molar-refractivity contribution is -0.140. The van der Waals surface area contributed by atoms with Crippen LogP contribution >= 0.6 is 11.6 Å².